The number of hydrogen-bond donors (Lipinski definition) is 1. The second kappa shape index (κ2) is 8.75. The van der Waals surface area contributed by atoms with E-state index in [0.29, 0.717) is 60.6 Å². The number of benzene rings is 1. The van der Waals surface area contributed by atoms with E-state index >= 15 is 0 Å². The second-order valence-electron chi connectivity index (χ2n) is 7.76. The van der Waals surface area contributed by atoms with E-state index in [4.69, 9.17) is 11.6 Å². The molecule has 0 aromatic heterocycles. The van der Waals surface area contributed by atoms with Gasteiger partial charge < -0.3 is 15.1 Å². The molecule has 0 aliphatic carbocycles. The molecule has 2 aliphatic heterocycles. The predicted molar refractivity (Wildman–Crippen MR) is 116 cm³/mol. The van der Waals surface area contributed by atoms with Crippen molar-refractivity contribution in [2.45, 2.75) is 27.2 Å². The number of sulfonamides is 1. The third kappa shape index (κ3) is 4.93. The molecule has 0 atom stereocenters. The molecular formula is C20H27ClN4O3S. The average Bonchev–Trinajstić information content (AvgIpc) is 2.80. The van der Waals surface area contributed by atoms with Crippen LogP contribution in [0, 0.1) is 5.92 Å². The summed E-state index contributed by atoms with van der Waals surface area (Å²) in [7, 11) is -3.79. The van der Waals surface area contributed by atoms with Crippen molar-refractivity contribution in [2.75, 3.05) is 32.7 Å². The fraction of sp³-hybridized carbons (Fsp3) is 0.500. The van der Waals surface area contributed by atoms with Crippen molar-refractivity contribution in [2.24, 2.45) is 10.3 Å². The number of halogens is 1. The Bertz CT molecular complexity index is 956. The Kier molecular flexibility index (Phi) is 6.53. The average molecular weight is 439 g/mol. The van der Waals surface area contributed by atoms with Gasteiger partial charge in [-0.25, -0.2) is 4.79 Å². The van der Waals surface area contributed by atoms with Crippen LogP contribution >= 0.6 is 11.6 Å². The maximum atomic E-state index is 12.8. The number of nitrogens with one attached hydrogen (secondary N) is 1. The lowest BCUT2D eigenvalue weighted by Gasteiger charge is -2.24. The van der Waals surface area contributed by atoms with E-state index in [9.17, 15) is 13.2 Å². The lowest BCUT2D eigenvalue weighted by molar-refractivity contribution is 0.199. The Hall–Kier alpha value is -2.06. The van der Waals surface area contributed by atoms with Crippen LogP contribution in [0.3, 0.4) is 0 Å². The fourth-order valence-electron chi connectivity index (χ4n) is 3.55. The summed E-state index contributed by atoms with van der Waals surface area (Å²) in [5.41, 5.74) is 1.16. The van der Waals surface area contributed by atoms with Gasteiger partial charge in [0.15, 0.2) is 0 Å². The molecule has 2 heterocycles. The molecule has 2 amide bonds. The van der Waals surface area contributed by atoms with Crippen LogP contribution < -0.4 is 5.32 Å². The minimum atomic E-state index is -3.79. The molecule has 3 rings (SSSR count). The monoisotopic (exact) mass is 438 g/mol. The fourth-order valence-corrected chi connectivity index (χ4v) is 5.21. The zero-order chi connectivity index (χ0) is 21.2. The summed E-state index contributed by atoms with van der Waals surface area (Å²) in [5.74, 6) is 0.850. The van der Waals surface area contributed by atoms with Gasteiger partial charge in [0.05, 0.1) is 0 Å². The van der Waals surface area contributed by atoms with Crippen molar-refractivity contribution in [3.63, 3.8) is 0 Å². The molecule has 158 valence electrons. The number of amides is 2. The van der Waals surface area contributed by atoms with Crippen molar-refractivity contribution in [1.29, 1.82) is 0 Å². The summed E-state index contributed by atoms with van der Waals surface area (Å²) in [5, 5.41) is 3.42. The molecule has 1 aromatic carbocycles. The van der Waals surface area contributed by atoms with Crippen molar-refractivity contribution < 1.29 is 13.2 Å². The summed E-state index contributed by atoms with van der Waals surface area (Å²) >= 11 is 6.05. The highest BCUT2D eigenvalue weighted by Gasteiger charge is 2.34. The van der Waals surface area contributed by atoms with Gasteiger partial charge in [-0.2, -0.15) is 8.42 Å². The molecule has 0 saturated carbocycles. The van der Waals surface area contributed by atoms with Crippen LogP contribution in [0.4, 0.5) is 4.79 Å². The molecule has 1 saturated heterocycles. The van der Waals surface area contributed by atoms with Crippen LogP contribution in [0.1, 0.15) is 32.8 Å². The third-order valence-electron chi connectivity index (χ3n) is 4.97. The Morgan fingerprint density at radius 1 is 1.24 bits per heavy atom. The summed E-state index contributed by atoms with van der Waals surface area (Å²) in [6.07, 6.45) is 0.744. The van der Waals surface area contributed by atoms with Gasteiger partial charge in [0.2, 0.25) is 0 Å². The van der Waals surface area contributed by atoms with Gasteiger partial charge in [-0.15, -0.1) is 4.40 Å². The molecule has 2 aliphatic rings. The van der Waals surface area contributed by atoms with Gasteiger partial charge in [0.25, 0.3) is 10.0 Å². The maximum absolute atomic E-state index is 12.8. The summed E-state index contributed by atoms with van der Waals surface area (Å²) in [6.45, 7) is 8.83. The van der Waals surface area contributed by atoms with Crippen LogP contribution in [0.15, 0.2) is 34.2 Å². The van der Waals surface area contributed by atoms with E-state index in [1.807, 2.05) is 4.90 Å². The largest absolute Gasteiger partial charge is 0.354 e. The highest BCUT2D eigenvalue weighted by Crippen LogP contribution is 2.34. The van der Waals surface area contributed by atoms with E-state index < -0.39 is 10.0 Å². The quantitative estimate of drug-likeness (QED) is 0.785. The lowest BCUT2D eigenvalue weighted by Crippen LogP contribution is -2.43. The van der Waals surface area contributed by atoms with Gasteiger partial charge >= 0.3 is 6.03 Å². The van der Waals surface area contributed by atoms with Crippen LogP contribution in [-0.2, 0) is 10.0 Å². The Morgan fingerprint density at radius 2 is 2.00 bits per heavy atom. The molecule has 29 heavy (non-hydrogen) atoms. The van der Waals surface area contributed by atoms with Crippen LogP contribution in [0.25, 0.3) is 4.91 Å². The first-order chi connectivity index (χ1) is 13.7. The van der Waals surface area contributed by atoms with Crippen LogP contribution in [0.2, 0.25) is 5.02 Å². The zero-order valence-electron chi connectivity index (χ0n) is 17.0. The number of urea groups is 1. The Labute approximate surface area is 177 Å². The molecule has 1 aromatic rings. The Balaban J connectivity index is 1.78. The van der Waals surface area contributed by atoms with E-state index in [2.05, 4.69) is 23.6 Å². The number of amidine groups is 1. The number of carbonyl (C=O) groups excluding carboxylic acids is 1. The van der Waals surface area contributed by atoms with Crippen LogP contribution in [-0.4, -0.2) is 62.8 Å². The zero-order valence-corrected chi connectivity index (χ0v) is 18.6. The molecule has 0 unspecified atom stereocenters. The van der Waals surface area contributed by atoms with Gasteiger partial charge in [0.1, 0.15) is 10.7 Å². The summed E-state index contributed by atoms with van der Waals surface area (Å²) in [6, 6.07) is 6.72. The molecule has 0 bridgehead atoms. The highest BCUT2D eigenvalue weighted by atomic mass is 35.5. The molecule has 0 radical (unpaired) electrons. The van der Waals surface area contributed by atoms with Crippen molar-refractivity contribution in [3.05, 3.63) is 40.4 Å². The maximum Gasteiger partial charge on any atom is 0.317 e. The van der Waals surface area contributed by atoms with E-state index in [0.717, 1.165) is 6.42 Å². The summed E-state index contributed by atoms with van der Waals surface area (Å²) in [4.78, 5) is 16.3. The minimum absolute atomic E-state index is 0.0755. The lowest BCUT2D eigenvalue weighted by atomic mass is 10.1. The first-order valence-corrected chi connectivity index (χ1v) is 11.6. The predicted octanol–water partition coefficient (Wildman–Crippen LogP) is 3.19. The first kappa shape index (κ1) is 21.6. The van der Waals surface area contributed by atoms with Gasteiger partial charge in [-0.1, -0.05) is 37.6 Å². The number of hydrogen-bond acceptors (Lipinski definition) is 4. The van der Waals surface area contributed by atoms with E-state index in [1.54, 1.807) is 36.1 Å². The van der Waals surface area contributed by atoms with E-state index in [-0.39, 0.29) is 10.9 Å². The molecule has 0 spiro atoms. The minimum Gasteiger partial charge on any atom is -0.354 e. The number of rotatable bonds is 3. The van der Waals surface area contributed by atoms with E-state index in [1.165, 1.54) is 0 Å². The normalized spacial score (nSPS) is 19.4. The second-order valence-corrected chi connectivity index (χ2v) is 9.74. The SMILES string of the molecule is CC1=C(c2cccc(Cl)c2)S(=O)(=O)N=C1N1CCCN(C(=O)NCC(C)C)CC1. The van der Waals surface area contributed by atoms with Crippen LogP contribution in [0.5, 0.6) is 0 Å². The van der Waals surface area contributed by atoms with Crippen molar-refractivity contribution >= 4 is 38.4 Å². The van der Waals surface area contributed by atoms with Gasteiger partial charge in [0, 0.05) is 43.3 Å². The molecule has 1 fully saturated rings. The standard InChI is InChI=1S/C20H27ClN4O3S/c1-14(2)13-22-20(26)25-9-5-8-24(10-11-25)19-15(3)18(29(27,28)23-19)16-6-4-7-17(21)12-16/h4,6-7,12,14H,5,8-11,13H2,1-3H3,(H,22,26). The third-order valence-corrected chi connectivity index (χ3v) is 6.68. The molecular weight excluding hydrogens is 412 g/mol. The molecule has 7 nitrogen and oxygen atoms in total. The number of nitrogens with zero attached hydrogens (tertiary/aromatic N) is 3. The van der Waals surface area contributed by atoms with Gasteiger partial charge in [-0.3, -0.25) is 0 Å². The summed E-state index contributed by atoms with van der Waals surface area (Å²) < 4.78 is 29.6. The smallest absolute Gasteiger partial charge is 0.317 e. The number of carbonyl (C=O) groups is 1. The van der Waals surface area contributed by atoms with Crippen molar-refractivity contribution in [1.82, 2.24) is 15.1 Å². The van der Waals surface area contributed by atoms with Crippen molar-refractivity contribution in [3.8, 4) is 0 Å². The topological polar surface area (TPSA) is 82.1 Å². The highest BCUT2D eigenvalue weighted by molar-refractivity contribution is 8.00. The molecule has 1 N–H and O–H groups in total. The molecule has 9 heteroatoms. The Morgan fingerprint density at radius 3 is 2.69 bits per heavy atom. The van der Waals surface area contributed by atoms with Gasteiger partial charge in [-0.05, 0) is 37.0 Å². The first-order valence-electron chi connectivity index (χ1n) is 9.79.